The lowest BCUT2D eigenvalue weighted by Gasteiger charge is -2.56. The van der Waals surface area contributed by atoms with Crippen LogP contribution in [0.1, 0.15) is 28.8 Å². The Balaban J connectivity index is 1.85. The number of rotatable bonds is 6. The van der Waals surface area contributed by atoms with Crippen LogP contribution in [0.4, 0.5) is 5.69 Å². The molecule has 0 aromatic heterocycles. The quantitative estimate of drug-likeness (QED) is 0.124. The van der Waals surface area contributed by atoms with Crippen molar-refractivity contribution >= 4 is 40.6 Å². The van der Waals surface area contributed by atoms with Crippen molar-refractivity contribution < 1.29 is 48.9 Å². The minimum absolute atomic E-state index is 0.142. The van der Waals surface area contributed by atoms with Crippen LogP contribution >= 0.6 is 0 Å². The fourth-order valence-corrected chi connectivity index (χ4v) is 6.42. The third kappa shape index (κ3) is 3.98. The van der Waals surface area contributed by atoms with Crippen LogP contribution in [-0.4, -0.2) is 101 Å². The number of hydrogen-bond acceptors (Lipinski definition) is 12. The van der Waals surface area contributed by atoms with Gasteiger partial charge in [-0.3, -0.25) is 33.7 Å². The summed E-state index contributed by atoms with van der Waals surface area (Å²) < 4.78 is 0. The lowest BCUT2D eigenvalue weighted by Crippen LogP contribution is -2.77. The molecule has 3 aliphatic rings. The van der Waals surface area contributed by atoms with Crippen LogP contribution in [0.25, 0.3) is 0 Å². The summed E-state index contributed by atoms with van der Waals surface area (Å²) in [5, 5.41) is 36.5. The van der Waals surface area contributed by atoms with Gasteiger partial charge in [-0.1, -0.05) is 13.0 Å². The van der Waals surface area contributed by atoms with E-state index in [-0.39, 0.29) is 23.4 Å². The van der Waals surface area contributed by atoms with E-state index in [1.54, 1.807) is 6.92 Å². The molecule has 1 aromatic rings. The maximum Gasteiger partial charge on any atom is 0.240 e. The molecule has 39 heavy (non-hydrogen) atoms. The maximum atomic E-state index is 13.9. The van der Waals surface area contributed by atoms with Gasteiger partial charge in [-0.05, 0) is 31.6 Å². The number of primary amides is 1. The van der Waals surface area contributed by atoms with E-state index in [1.807, 2.05) is 0 Å². The minimum Gasteiger partial charge on any atom is -0.505 e. The van der Waals surface area contributed by atoms with E-state index >= 15 is 0 Å². The fourth-order valence-electron chi connectivity index (χ4n) is 6.42. The number of anilines is 1. The Morgan fingerprint density at radius 1 is 1.15 bits per heavy atom. The van der Waals surface area contributed by atoms with Gasteiger partial charge in [0.15, 0.2) is 34.7 Å². The van der Waals surface area contributed by atoms with E-state index in [0.29, 0.717) is 0 Å². The van der Waals surface area contributed by atoms with E-state index in [2.05, 4.69) is 15.6 Å². The number of hydroxylamine groups is 1. The van der Waals surface area contributed by atoms with E-state index in [0.717, 1.165) is 0 Å². The number of benzene rings is 1. The number of aliphatic hydroxyl groups excluding tert-OH is 1. The summed E-state index contributed by atoms with van der Waals surface area (Å²) in [4.78, 5) is 84.3. The molecule has 0 bridgehead atoms. The molecular weight excluding hydrogens is 516 g/mol. The van der Waals surface area contributed by atoms with E-state index in [4.69, 9.17) is 5.73 Å². The lowest BCUT2D eigenvalue weighted by atomic mass is 9.49. The highest BCUT2D eigenvalue weighted by molar-refractivity contribution is 6.32. The zero-order valence-corrected chi connectivity index (χ0v) is 21.6. The highest BCUT2D eigenvalue weighted by Crippen LogP contribution is 2.55. The van der Waals surface area contributed by atoms with Crippen molar-refractivity contribution in [3.8, 4) is 5.75 Å². The topological polar surface area (TPSA) is 226 Å². The molecule has 14 heteroatoms. The van der Waals surface area contributed by atoms with Gasteiger partial charge in [0.05, 0.1) is 42.3 Å². The number of nitrogens with zero attached hydrogens (tertiary/aromatic N) is 1. The number of Topliss-reactive ketones (excluding diaryl/α,β-unsaturated/α-hetero) is 4. The maximum absolute atomic E-state index is 13.9. The minimum atomic E-state index is -3.08. The van der Waals surface area contributed by atoms with Gasteiger partial charge < -0.3 is 31.2 Å². The molecule has 14 nitrogen and oxygen atoms in total. The van der Waals surface area contributed by atoms with Crippen molar-refractivity contribution in [2.24, 2.45) is 29.4 Å². The number of carbonyl (C=O) groups excluding carboxylic acids is 6. The Morgan fingerprint density at radius 3 is 2.36 bits per heavy atom. The van der Waals surface area contributed by atoms with Crippen LogP contribution in [0.15, 0.2) is 12.1 Å². The third-order valence-corrected chi connectivity index (χ3v) is 8.14. The molecule has 7 N–H and O–H groups in total. The Kier molecular flexibility index (Phi) is 7.21. The molecule has 0 aliphatic heterocycles. The Bertz CT molecular complexity index is 1300. The molecule has 6 unspecified atom stereocenters. The van der Waals surface area contributed by atoms with E-state index < -0.39 is 88.0 Å². The summed E-state index contributed by atoms with van der Waals surface area (Å²) in [5.74, 6) is -15.0. The highest BCUT2D eigenvalue weighted by Gasteiger charge is 2.72. The summed E-state index contributed by atoms with van der Waals surface area (Å²) in [7, 11) is 4.13. The second-order valence-electron chi connectivity index (χ2n) is 10.4. The second kappa shape index (κ2) is 9.88. The number of nitrogens with one attached hydrogen (secondary N) is 2. The normalized spacial score (nSPS) is 33.9. The summed E-state index contributed by atoms with van der Waals surface area (Å²) in [6, 6.07) is 1.36. The van der Waals surface area contributed by atoms with Crippen molar-refractivity contribution in [3.63, 3.8) is 0 Å². The molecule has 0 heterocycles. The van der Waals surface area contributed by atoms with Gasteiger partial charge in [0.25, 0.3) is 0 Å². The Labute approximate surface area is 222 Å². The van der Waals surface area contributed by atoms with Crippen LogP contribution < -0.4 is 16.5 Å². The summed E-state index contributed by atoms with van der Waals surface area (Å²) in [5.41, 5.74) is 4.33. The lowest BCUT2D eigenvalue weighted by molar-refractivity contribution is -0.196. The number of carbonyl (C=O) groups is 6. The van der Waals surface area contributed by atoms with Crippen molar-refractivity contribution in [2.45, 2.75) is 30.6 Å². The van der Waals surface area contributed by atoms with E-state index in [1.165, 1.54) is 38.2 Å². The molecule has 2 saturated carbocycles. The molecule has 0 spiro atoms. The molecule has 2 fully saturated rings. The van der Waals surface area contributed by atoms with Gasteiger partial charge in [0.1, 0.15) is 12.3 Å². The first-order valence-electron chi connectivity index (χ1n) is 12.2. The molecule has 4 rings (SSSR count). The Morgan fingerprint density at radius 2 is 1.79 bits per heavy atom. The smallest absolute Gasteiger partial charge is 0.240 e. The Hall–Kier alpha value is -3.56. The largest absolute Gasteiger partial charge is 0.505 e. The average molecular weight is 547 g/mol. The first kappa shape index (κ1) is 28.4. The predicted molar refractivity (Wildman–Crippen MR) is 131 cm³/mol. The molecule has 8 atom stereocenters. The first-order chi connectivity index (χ1) is 18.2. The van der Waals surface area contributed by atoms with Crippen molar-refractivity contribution in [1.29, 1.82) is 0 Å². The third-order valence-electron chi connectivity index (χ3n) is 8.14. The summed E-state index contributed by atoms with van der Waals surface area (Å²) in [6.45, 7) is 1.31. The number of amides is 2. The molecule has 210 valence electrons. The highest BCUT2D eigenvalue weighted by atomic mass is 16.6. The molecule has 0 radical (unpaired) electrons. The van der Waals surface area contributed by atoms with Crippen molar-refractivity contribution in [2.75, 3.05) is 33.1 Å². The number of aliphatic hydroxyl groups is 2. The summed E-state index contributed by atoms with van der Waals surface area (Å²) >= 11 is 0. The van der Waals surface area contributed by atoms with E-state index in [9.17, 15) is 44.1 Å². The number of aromatic hydroxyl groups is 1. The number of fused-ring (bicyclic) bond motifs is 3. The van der Waals surface area contributed by atoms with Gasteiger partial charge in [-0.15, -0.1) is 0 Å². The zero-order valence-electron chi connectivity index (χ0n) is 21.6. The molecule has 2 amide bonds. The standard InChI is InChI=1S/C25H30N4O10/c1-8-9-5-6-10(28-11(30)7-27-39-4)18(31)13(9)19(32)14-12(8)20(33)16-17(29(2)3)21(34)15(24(26)37)23(36)25(16,38)22(14)35/h5-6,8,12,14-17,20,27,31,33,38H,7H2,1-4H3,(H2,26,37)(H,28,30)/t8?,12?,14?,15?,16?,17-,20?,25-/m0/s1. The van der Waals surface area contributed by atoms with Crippen LogP contribution in [0.3, 0.4) is 0 Å². The van der Waals surface area contributed by atoms with Gasteiger partial charge in [-0.25, -0.2) is 0 Å². The molecular formula is C25H30N4O10. The molecule has 3 aliphatic carbocycles. The second-order valence-corrected chi connectivity index (χ2v) is 10.4. The zero-order chi connectivity index (χ0) is 29.1. The number of ketones is 4. The van der Waals surface area contributed by atoms with Gasteiger partial charge in [0, 0.05) is 5.92 Å². The number of likely N-dealkylation sites (N-methyl/N-ethyl adjacent to an activating group) is 1. The fraction of sp³-hybridized carbons (Fsp3) is 0.520. The molecule has 1 aromatic carbocycles. The van der Waals surface area contributed by atoms with Crippen molar-refractivity contribution in [1.82, 2.24) is 10.4 Å². The van der Waals surface area contributed by atoms with Gasteiger partial charge >= 0.3 is 0 Å². The average Bonchev–Trinajstić information content (AvgIpc) is 2.85. The predicted octanol–water partition coefficient (Wildman–Crippen LogP) is -2.51. The van der Waals surface area contributed by atoms with Gasteiger partial charge in [-0.2, -0.15) is 5.48 Å². The molecule has 0 saturated heterocycles. The van der Waals surface area contributed by atoms with Crippen LogP contribution in [0.2, 0.25) is 0 Å². The SMILES string of the molecule is CONCC(=O)Nc1ccc2c(c1O)C(=O)C1C(=O)[C@]3(O)C(=O)C(C(N)=O)C(=O)[C@@H](N(C)C)C3C(O)C1C2C. The summed E-state index contributed by atoms with van der Waals surface area (Å²) in [6.07, 6.45) is -1.72. The van der Waals surface area contributed by atoms with Crippen molar-refractivity contribution in [3.05, 3.63) is 23.3 Å². The van der Waals surface area contributed by atoms with Gasteiger partial charge in [0.2, 0.25) is 11.8 Å². The van der Waals surface area contributed by atoms with Crippen LogP contribution in [0, 0.1) is 23.7 Å². The first-order valence-corrected chi connectivity index (χ1v) is 12.2. The number of phenols is 1. The monoisotopic (exact) mass is 546 g/mol. The number of nitrogens with two attached hydrogens (primary N) is 1. The number of phenolic OH excluding ortho intramolecular Hbond substituents is 1. The van der Waals surface area contributed by atoms with Crippen LogP contribution in [0.5, 0.6) is 5.75 Å². The number of hydrogen-bond donors (Lipinski definition) is 6. The van der Waals surface area contributed by atoms with Crippen LogP contribution in [-0.2, 0) is 28.8 Å².